The number of aromatic hydroxyl groups is 1. The molecule has 0 saturated carbocycles. The number of rotatable bonds is 1. The van der Waals surface area contributed by atoms with E-state index in [1.165, 1.54) is 24.3 Å². The molecule has 0 aliphatic heterocycles. The van der Waals surface area contributed by atoms with Crippen LogP contribution in [-0.4, -0.2) is 18.1 Å². The van der Waals surface area contributed by atoms with E-state index in [2.05, 4.69) is 0 Å². The molecule has 90 valence electrons. The second kappa shape index (κ2) is 8.29. The molecule has 0 saturated heterocycles. The molecule has 0 fully saturated rings. The van der Waals surface area contributed by atoms with Crippen molar-refractivity contribution in [1.29, 1.82) is 0 Å². The van der Waals surface area contributed by atoms with Crippen molar-refractivity contribution in [3.8, 4) is 5.75 Å². The van der Waals surface area contributed by atoms with E-state index >= 15 is 0 Å². The maximum atomic E-state index is 10.3. The minimum absolute atomic E-state index is 0. The van der Waals surface area contributed by atoms with Gasteiger partial charge in [-0.2, -0.15) is 0 Å². The van der Waals surface area contributed by atoms with Gasteiger partial charge in [0.1, 0.15) is 15.9 Å². The molecule has 1 N–H and O–H groups in total. The van der Waals surface area contributed by atoms with Gasteiger partial charge in [-0.05, 0) is 24.3 Å². The first kappa shape index (κ1) is 17.2. The summed E-state index contributed by atoms with van der Waals surface area (Å²) in [5, 5.41) is 8.63. The average Bonchev–Trinajstić information content (AvgIpc) is 2.31. The van der Waals surface area contributed by atoms with Crippen LogP contribution in [0, 0.1) is 0 Å². The van der Waals surface area contributed by atoms with Gasteiger partial charge in [0, 0.05) is 0 Å². The van der Waals surface area contributed by atoms with Crippen molar-refractivity contribution >= 4 is 10.1 Å². The first-order valence-corrected chi connectivity index (χ1v) is 6.16. The van der Waals surface area contributed by atoms with Crippen LogP contribution in [0.25, 0.3) is 0 Å². The summed E-state index contributed by atoms with van der Waals surface area (Å²) in [6.45, 7) is 0. The molecule has 2 aromatic rings. The fourth-order valence-corrected chi connectivity index (χ4v) is 1.51. The van der Waals surface area contributed by atoms with E-state index in [-0.39, 0.29) is 34.5 Å². The number of phenols is 1. The van der Waals surface area contributed by atoms with Gasteiger partial charge in [-0.1, -0.05) is 36.4 Å². The Bertz CT molecular complexity index is 541. The summed E-state index contributed by atoms with van der Waals surface area (Å²) in [5.41, 5.74) is 0. The van der Waals surface area contributed by atoms with Gasteiger partial charge in [0.15, 0.2) is 0 Å². The quantitative estimate of drug-likeness (QED) is 0.534. The molecule has 6 heteroatoms. The zero-order valence-electron chi connectivity index (χ0n) is 9.85. The zero-order chi connectivity index (χ0) is 12.7. The Balaban J connectivity index is 0.000000321. The Morgan fingerprint density at radius 1 is 0.833 bits per heavy atom. The van der Waals surface area contributed by atoms with Crippen LogP contribution in [0.15, 0.2) is 65.6 Å². The molecule has 2 aromatic carbocycles. The minimum Gasteiger partial charge on any atom is -0.744 e. The maximum absolute atomic E-state index is 10.3. The molecule has 0 heterocycles. The van der Waals surface area contributed by atoms with Crippen molar-refractivity contribution in [3.63, 3.8) is 0 Å². The predicted molar refractivity (Wildman–Crippen MR) is 62.5 cm³/mol. The van der Waals surface area contributed by atoms with Crippen molar-refractivity contribution < 1.29 is 47.6 Å². The molecule has 0 aliphatic rings. The Morgan fingerprint density at radius 3 is 1.44 bits per heavy atom. The van der Waals surface area contributed by atoms with Crippen molar-refractivity contribution in [2.45, 2.75) is 4.90 Å². The Kier molecular flexibility index (Phi) is 7.90. The largest absolute Gasteiger partial charge is 1.00 e. The topological polar surface area (TPSA) is 77.4 Å². The molecule has 0 spiro atoms. The third-order valence-corrected chi connectivity index (χ3v) is 2.64. The standard InChI is InChI=1S/C6H6O3S.C6H6O.Na/c7-10(8,9)6-4-2-1-3-5-6;7-6-4-2-1-3-5-6;/h1-5H,(H,7,8,9);1-5,7H;/q;;+1/p-1. The van der Waals surface area contributed by atoms with Gasteiger partial charge in [0.2, 0.25) is 0 Å². The minimum atomic E-state index is -4.25. The van der Waals surface area contributed by atoms with E-state index in [0.717, 1.165) is 0 Å². The smallest absolute Gasteiger partial charge is 0.744 e. The summed E-state index contributed by atoms with van der Waals surface area (Å²) in [5.74, 6) is 0.322. The number of para-hydroxylation sites is 1. The fourth-order valence-electron chi connectivity index (χ4n) is 1.02. The first-order valence-electron chi connectivity index (χ1n) is 4.75. The van der Waals surface area contributed by atoms with Crippen LogP contribution < -0.4 is 29.6 Å². The van der Waals surface area contributed by atoms with Gasteiger partial charge in [-0.15, -0.1) is 0 Å². The Morgan fingerprint density at radius 2 is 1.22 bits per heavy atom. The van der Waals surface area contributed by atoms with Crippen molar-refractivity contribution in [1.82, 2.24) is 0 Å². The zero-order valence-corrected chi connectivity index (χ0v) is 12.7. The number of hydrogen-bond donors (Lipinski definition) is 1. The molecule has 0 amide bonds. The molecular weight excluding hydrogens is 263 g/mol. The van der Waals surface area contributed by atoms with E-state index in [4.69, 9.17) is 5.11 Å². The van der Waals surface area contributed by atoms with E-state index in [1.54, 1.807) is 30.3 Å². The van der Waals surface area contributed by atoms with Gasteiger partial charge < -0.3 is 9.66 Å². The summed E-state index contributed by atoms with van der Waals surface area (Å²) in [4.78, 5) is -0.185. The van der Waals surface area contributed by atoms with E-state index < -0.39 is 10.1 Å². The molecule has 0 bridgehead atoms. The summed E-state index contributed by atoms with van der Waals surface area (Å²) >= 11 is 0. The van der Waals surface area contributed by atoms with Crippen LogP contribution >= 0.6 is 0 Å². The van der Waals surface area contributed by atoms with Gasteiger partial charge in [-0.25, -0.2) is 8.42 Å². The normalized spacial score (nSPS) is 9.61. The van der Waals surface area contributed by atoms with Gasteiger partial charge >= 0.3 is 29.6 Å². The van der Waals surface area contributed by atoms with Crippen molar-refractivity contribution in [2.75, 3.05) is 0 Å². The maximum Gasteiger partial charge on any atom is 1.00 e. The van der Waals surface area contributed by atoms with Crippen LogP contribution in [0.1, 0.15) is 0 Å². The number of hydrogen-bond acceptors (Lipinski definition) is 4. The molecule has 0 radical (unpaired) electrons. The molecule has 0 aromatic heterocycles. The van der Waals surface area contributed by atoms with E-state index in [9.17, 15) is 13.0 Å². The van der Waals surface area contributed by atoms with Gasteiger partial charge in [0.25, 0.3) is 0 Å². The molecular formula is C12H11NaO4S. The summed E-state index contributed by atoms with van der Waals surface area (Å²) in [6, 6.07) is 15.9. The van der Waals surface area contributed by atoms with Crippen LogP contribution in [0.5, 0.6) is 5.75 Å². The van der Waals surface area contributed by atoms with E-state index in [0.29, 0.717) is 5.75 Å². The second-order valence-electron chi connectivity index (χ2n) is 3.10. The monoisotopic (exact) mass is 274 g/mol. The fraction of sp³-hybridized carbons (Fsp3) is 0. The van der Waals surface area contributed by atoms with Crippen molar-refractivity contribution in [3.05, 3.63) is 60.7 Å². The van der Waals surface area contributed by atoms with Crippen LogP contribution in [0.4, 0.5) is 0 Å². The Hall–Kier alpha value is -0.850. The molecule has 0 unspecified atom stereocenters. The van der Waals surface area contributed by atoms with E-state index in [1.807, 2.05) is 6.07 Å². The van der Waals surface area contributed by atoms with Gasteiger partial charge in [-0.3, -0.25) is 0 Å². The predicted octanol–water partition coefficient (Wildman–Crippen LogP) is -1.01. The molecule has 0 aliphatic carbocycles. The molecule has 0 atom stereocenters. The van der Waals surface area contributed by atoms with Crippen molar-refractivity contribution in [2.24, 2.45) is 0 Å². The summed E-state index contributed by atoms with van der Waals surface area (Å²) in [6.07, 6.45) is 0. The average molecular weight is 274 g/mol. The first-order chi connectivity index (χ1) is 8.00. The third kappa shape index (κ3) is 6.78. The number of benzene rings is 2. The molecule has 4 nitrogen and oxygen atoms in total. The van der Waals surface area contributed by atoms with Crippen LogP contribution in [0.3, 0.4) is 0 Å². The number of phenolic OH excluding ortho intramolecular Hbond substituents is 1. The molecule has 18 heavy (non-hydrogen) atoms. The second-order valence-corrected chi connectivity index (χ2v) is 4.48. The Labute approximate surface area is 128 Å². The van der Waals surface area contributed by atoms with Gasteiger partial charge in [0.05, 0.1) is 4.90 Å². The van der Waals surface area contributed by atoms with Crippen LogP contribution in [-0.2, 0) is 10.1 Å². The SMILES string of the molecule is O=S(=O)([O-])c1ccccc1.Oc1ccccc1.[Na+]. The van der Waals surface area contributed by atoms with Crippen LogP contribution in [0.2, 0.25) is 0 Å². The molecule has 2 rings (SSSR count). The summed E-state index contributed by atoms with van der Waals surface area (Å²) < 4.78 is 30.8. The summed E-state index contributed by atoms with van der Waals surface area (Å²) in [7, 11) is -4.25. The third-order valence-electron chi connectivity index (χ3n) is 1.79.